The number of benzene rings is 1. The quantitative estimate of drug-likeness (QED) is 0.660. The Morgan fingerprint density at radius 2 is 1.68 bits per heavy atom. The van der Waals surface area contributed by atoms with Gasteiger partial charge in [0.1, 0.15) is 5.60 Å². The highest BCUT2D eigenvalue weighted by atomic mass is 16.7. The first-order valence-corrected chi connectivity index (χ1v) is 12.0. The maximum atomic E-state index is 13.4. The molecule has 2 heterocycles. The maximum Gasteiger partial charge on any atom is 0.494 e. The molecule has 1 aromatic carbocycles. The van der Waals surface area contributed by atoms with Crippen LogP contribution in [0.1, 0.15) is 77.2 Å². The smallest absolute Gasteiger partial charge is 0.444 e. The number of likely N-dealkylation sites (tertiary alicyclic amines) is 1. The fourth-order valence-electron chi connectivity index (χ4n) is 4.02. The van der Waals surface area contributed by atoms with Gasteiger partial charge in [0.05, 0.1) is 17.3 Å². The van der Waals surface area contributed by atoms with Crippen LogP contribution in [0, 0.1) is 0 Å². The molecule has 0 spiro atoms. The summed E-state index contributed by atoms with van der Waals surface area (Å²) in [4.78, 5) is 27.4. The molecule has 8 nitrogen and oxygen atoms in total. The third-order valence-corrected chi connectivity index (χ3v) is 6.69. The lowest BCUT2D eigenvalue weighted by molar-refractivity contribution is 0.00578. The number of nitrogens with one attached hydrogen (secondary N) is 1. The van der Waals surface area contributed by atoms with Gasteiger partial charge < -0.3 is 29.0 Å². The van der Waals surface area contributed by atoms with Crippen LogP contribution in [0.3, 0.4) is 0 Å². The Balaban J connectivity index is 1.84. The van der Waals surface area contributed by atoms with Gasteiger partial charge in [-0.15, -0.1) is 0 Å². The van der Waals surface area contributed by atoms with Crippen LogP contribution in [0.25, 0.3) is 0 Å². The molecule has 2 amide bonds. The standard InChI is InChI=1S/C25H39BN2O6/c1-23(2,3)32-22(30)27-16-17-13-18(21(29)28-11-9-20(31-8)10-12-28)15-19(14-17)26-33-24(4,5)25(6,7)34-26/h13-15,20H,9-12,16H2,1-8H3,(H,27,30). The molecular weight excluding hydrogens is 435 g/mol. The molecule has 34 heavy (non-hydrogen) atoms. The highest BCUT2D eigenvalue weighted by Crippen LogP contribution is 2.36. The minimum atomic E-state index is -0.614. The van der Waals surface area contributed by atoms with E-state index >= 15 is 0 Å². The Labute approximate surface area is 203 Å². The zero-order valence-corrected chi connectivity index (χ0v) is 21.8. The molecule has 0 aromatic heterocycles. The fraction of sp³-hybridized carbons (Fsp3) is 0.680. The fourth-order valence-corrected chi connectivity index (χ4v) is 4.02. The van der Waals surface area contributed by atoms with Gasteiger partial charge in [0, 0.05) is 32.3 Å². The molecular formula is C25H39BN2O6. The summed E-state index contributed by atoms with van der Waals surface area (Å²) in [5.41, 5.74) is 0.461. The first kappa shape index (κ1) is 26.5. The van der Waals surface area contributed by atoms with Gasteiger partial charge in [-0.1, -0.05) is 6.07 Å². The van der Waals surface area contributed by atoms with Crippen molar-refractivity contribution in [1.82, 2.24) is 10.2 Å². The summed E-state index contributed by atoms with van der Waals surface area (Å²) in [5.74, 6) is -0.0496. The summed E-state index contributed by atoms with van der Waals surface area (Å²) in [6.07, 6.45) is 1.30. The van der Waals surface area contributed by atoms with Gasteiger partial charge in [-0.25, -0.2) is 4.79 Å². The molecule has 0 aliphatic carbocycles. The van der Waals surface area contributed by atoms with Crippen molar-refractivity contribution >= 4 is 24.6 Å². The van der Waals surface area contributed by atoms with Gasteiger partial charge in [0.2, 0.25) is 0 Å². The number of methoxy groups -OCH3 is 1. The van der Waals surface area contributed by atoms with Crippen LogP contribution in [-0.2, 0) is 25.3 Å². The number of carbonyl (C=O) groups excluding carboxylic acids is 2. The predicted octanol–water partition coefficient (Wildman–Crippen LogP) is 3.26. The normalized spacial score (nSPS) is 20.4. The second-order valence-corrected chi connectivity index (χ2v) is 11.1. The van der Waals surface area contributed by atoms with Gasteiger partial charge in [0.15, 0.2) is 0 Å². The summed E-state index contributed by atoms with van der Waals surface area (Å²) < 4.78 is 23.2. The summed E-state index contributed by atoms with van der Waals surface area (Å²) in [6.45, 7) is 14.9. The largest absolute Gasteiger partial charge is 0.494 e. The number of alkyl carbamates (subject to hydrolysis) is 1. The highest BCUT2D eigenvalue weighted by molar-refractivity contribution is 6.62. The number of hydrogen-bond acceptors (Lipinski definition) is 6. The van der Waals surface area contributed by atoms with Gasteiger partial charge in [-0.05, 0) is 84.5 Å². The lowest BCUT2D eigenvalue weighted by Gasteiger charge is -2.32. The van der Waals surface area contributed by atoms with Gasteiger partial charge >= 0.3 is 13.2 Å². The van der Waals surface area contributed by atoms with E-state index in [1.54, 1.807) is 7.11 Å². The molecule has 0 unspecified atom stereocenters. The van der Waals surface area contributed by atoms with Gasteiger partial charge in [0.25, 0.3) is 5.91 Å². The molecule has 1 N–H and O–H groups in total. The SMILES string of the molecule is COC1CCN(C(=O)c2cc(CNC(=O)OC(C)(C)C)cc(B3OC(C)(C)C(C)(C)O3)c2)CC1. The predicted molar refractivity (Wildman–Crippen MR) is 131 cm³/mol. The van der Waals surface area contributed by atoms with E-state index in [0.29, 0.717) is 18.7 Å². The molecule has 0 bridgehead atoms. The van der Waals surface area contributed by atoms with Crippen molar-refractivity contribution in [2.75, 3.05) is 20.2 Å². The Hall–Kier alpha value is -2.10. The van der Waals surface area contributed by atoms with Crippen LogP contribution in [0.15, 0.2) is 18.2 Å². The van der Waals surface area contributed by atoms with E-state index in [4.69, 9.17) is 18.8 Å². The second-order valence-electron chi connectivity index (χ2n) is 11.1. The van der Waals surface area contributed by atoms with Crippen LogP contribution in [0.2, 0.25) is 0 Å². The van der Waals surface area contributed by atoms with Crippen LogP contribution in [-0.4, -0.2) is 67.1 Å². The zero-order chi connectivity index (χ0) is 25.3. The minimum Gasteiger partial charge on any atom is -0.444 e. The number of nitrogens with zero attached hydrogens (tertiary/aromatic N) is 1. The summed E-state index contributed by atoms with van der Waals surface area (Å²) in [6, 6.07) is 5.56. The number of hydrogen-bond donors (Lipinski definition) is 1. The van der Waals surface area contributed by atoms with Crippen LogP contribution < -0.4 is 10.8 Å². The van der Waals surface area contributed by atoms with E-state index in [0.717, 1.165) is 23.9 Å². The number of ether oxygens (including phenoxy) is 2. The van der Waals surface area contributed by atoms with E-state index in [1.165, 1.54) is 0 Å². The number of rotatable bonds is 5. The third kappa shape index (κ3) is 6.31. The molecule has 0 saturated carbocycles. The first-order valence-electron chi connectivity index (χ1n) is 12.0. The summed E-state index contributed by atoms with van der Waals surface area (Å²) in [5, 5.41) is 2.78. The molecule has 3 rings (SSSR count). The van der Waals surface area contributed by atoms with Crippen molar-refractivity contribution in [2.45, 2.75) is 90.8 Å². The average molecular weight is 474 g/mol. The van der Waals surface area contributed by atoms with Crippen molar-refractivity contribution in [1.29, 1.82) is 0 Å². The molecule has 9 heteroatoms. The highest BCUT2D eigenvalue weighted by Gasteiger charge is 2.51. The van der Waals surface area contributed by atoms with E-state index in [9.17, 15) is 9.59 Å². The van der Waals surface area contributed by atoms with E-state index in [1.807, 2.05) is 71.6 Å². The van der Waals surface area contributed by atoms with E-state index in [2.05, 4.69) is 5.32 Å². The number of carbonyl (C=O) groups is 2. The molecule has 188 valence electrons. The molecule has 2 aliphatic rings. The lowest BCUT2D eigenvalue weighted by atomic mass is 9.77. The van der Waals surface area contributed by atoms with Crippen molar-refractivity contribution in [2.24, 2.45) is 0 Å². The zero-order valence-electron chi connectivity index (χ0n) is 21.8. The molecule has 0 atom stereocenters. The van der Waals surface area contributed by atoms with Crippen LogP contribution in [0.4, 0.5) is 4.79 Å². The van der Waals surface area contributed by atoms with E-state index < -0.39 is 30.0 Å². The van der Waals surface area contributed by atoms with Gasteiger partial charge in [-0.2, -0.15) is 0 Å². The maximum absolute atomic E-state index is 13.4. The average Bonchev–Trinajstić information content (AvgIpc) is 2.97. The van der Waals surface area contributed by atoms with Crippen LogP contribution >= 0.6 is 0 Å². The minimum absolute atomic E-state index is 0.0496. The Kier molecular flexibility index (Phi) is 7.70. The first-order chi connectivity index (χ1) is 15.7. The third-order valence-electron chi connectivity index (χ3n) is 6.69. The Bertz CT molecular complexity index is 887. The van der Waals surface area contributed by atoms with Crippen molar-refractivity contribution in [3.8, 4) is 0 Å². The molecule has 1 aromatic rings. The summed E-state index contributed by atoms with van der Waals surface area (Å²) in [7, 11) is 1.09. The van der Waals surface area contributed by atoms with Crippen molar-refractivity contribution < 1.29 is 28.4 Å². The molecule has 2 fully saturated rings. The molecule has 2 aliphatic heterocycles. The topological polar surface area (TPSA) is 86.3 Å². The van der Waals surface area contributed by atoms with Crippen molar-refractivity contribution in [3.63, 3.8) is 0 Å². The molecule has 2 saturated heterocycles. The monoisotopic (exact) mass is 474 g/mol. The van der Waals surface area contributed by atoms with E-state index in [-0.39, 0.29) is 18.6 Å². The number of amides is 2. The Morgan fingerprint density at radius 1 is 1.09 bits per heavy atom. The summed E-state index contributed by atoms with van der Waals surface area (Å²) >= 11 is 0. The number of piperidine rings is 1. The molecule has 0 radical (unpaired) electrons. The lowest BCUT2D eigenvalue weighted by Crippen LogP contribution is -2.41. The van der Waals surface area contributed by atoms with Gasteiger partial charge in [-0.3, -0.25) is 4.79 Å². The Morgan fingerprint density at radius 3 is 2.21 bits per heavy atom. The van der Waals surface area contributed by atoms with Crippen molar-refractivity contribution in [3.05, 3.63) is 29.3 Å². The second kappa shape index (κ2) is 9.87. The van der Waals surface area contributed by atoms with Crippen LogP contribution in [0.5, 0.6) is 0 Å².